The molecule has 2 rings (SSSR count). The largest absolute Gasteiger partial charge is 0.396 e. The van der Waals surface area contributed by atoms with Gasteiger partial charge in [0.15, 0.2) is 0 Å². The maximum atomic E-state index is 10.9. The summed E-state index contributed by atoms with van der Waals surface area (Å²) in [7, 11) is 0. The Hall–Kier alpha value is -0.380. The maximum Gasteiger partial charge on any atom is 0.0695 e. The first kappa shape index (κ1) is 31.8. The molecule has 3 heteroatoms. The molecule has 0 aromatic carbocycles. The van der Waals surface area contributed by atoms with E-state index in [-0.39, 0.29) is 39.8 Å². The summed E-state index contributed by atoms with van der Waals surface area (Å²) in [5, 5.41) is 32.0. The second kappa shape index (κ2) is 11.0. The molecule has 2 aliphatic carbocycles. The van der Waals surface area contributed by atoms with Crippen LogP contribution in [0.15, 0.2) is 11.6 Å². The zero-order valence-corrected chi connectivity index (χ0v) is 25.9. The van der Waals surface area contributed by atoms with Crippen LogP contribution >= 0.6 is 0 Å². The standard InChI is InChI=1S/C33H62O3/c1-12-15-28(3,4)18-20-31(9,23-34)21-19-29(5,6)33(11)17-13-25-30(7,8)27(36)14-16-32(25,10)26(33)22-24(2)35/h22,24-25,27,34-36H,12-21,23H2,1-11H3/b26-22-/t24-,25-,27-,31-,32-,33+/m0/s1. The second-order valence-corrected chi connectivity index (χ2v) is 15.8. The van der Waals surface area contributed by atoms with Crippen molar-refractivity contribution in [3.8, 4) is 0 Å². The van der Waals surface area contributed by atoms with Gasteiger partial charge in [0.2, 0.25) is 0 Å². The monoisotopic (exact) mass is 506 g/mol. The van der Waals surface area contributed by atoms with Crippen molar-refractivity contribution in [1.29, 1.82) is 0 Å². The molecule has 2 saturated carbocycles. The van der Waals surface area contributed by atoms with Crippen molar-refractivity contribution >= 4 is 0 Å². The Morgan fingerprint density at radius 1 is 0.917 bits per heavy atom. The van der Waals surface area contributed by atoms with Gasteiger partial charge in [-0.05, 0) is 103 Å². The van der Waals surface area contributed by atoms with Gasteiger partial charge in [-0.3, -0.25) is 0 Å². The van der Waals surface area contributed by atoms with Crippen molar-refractivity contribution in [2.75, 3.05) is 6.61 Å². The summed E-state index contributed by atoms with van der Waals surface area (Å²) < 4.78 is 0. The fourth-order valence-corrected chi connectivity index (χ4v) is 8.18. The molecule has 0 bridgehead atoms. The van der Waals surface area contributed by atoms with Crippen molar-refractivity contribution in [2.45, 2.75) is 153 Å². The lowest BCUT2D eigenvalue weighted by molar-refractivity contribution is -0.120. The third kappa shape index (κ3) is 6.26. The molecule has 212 valence electrons. The van der Waals surface area contributed by atoms with E-state index in [4.69, 9.17) is 0 Å². The van der Waals surface area contributed by atoms with Crippen LogP contribution in [-0.2, 0) is 0 Å². The lowest BCUT2D eigenvalue weighted by atomic mass is 9.41. The Morgan fingerprint density at radius 2 is 1.50 bits per heavy atom. The van der Waals surface area contributed by atoms with Crippen LogP contribution in [0.5, 0.6) is 0 Å². The predicted octanol–water partition coefficient (Wildman–Crippen LogP) is 8.31. The second-order valence-electron chi connectivity index (χ2n) is 15.8. The highest BCUT2D eigenvalue weighted by molar-refractivity contribution is 5.32. The Morgan fingerprint density at radius 3 is 2.03 bits per heavy atom. The highest BCUT2D eigenvalue weighted by Gasteiger charge is 2.60. The molecule has 2 fully saturated rings. The smallest absolute Gasteiger partial charge is 0.0695 e. The van der Waals surface area contributed by atoms with Crippen molar-refractivity contribution in [3.63, 3.8) is 0 Å². The highest BCUT2D eigenvalue weighted by Crippen LogP contribution is 2.68. The number of aliphatic hydroxyl groups is 3. The van der Waals surface area contributed by atoms with Crippen molar-refractivity contribution in [2.24, 2.45) is 38.4 Å². The Bertz CT molecular complexity index is 763. The van der Waals surface area contributed by atoms with Gasteiger partial charge >= 0.3 is 0 Å². The molecular formula is C33H62O3. The molecule has 3 nitrogen and oxygen atoms in total. The molecule has 2 aliphatic rings. The van der Waals surface area contributed by atoms with E-state index in [0.717, 1.165) is 51.4 Å². The van der Waals surface area contributed by atoms with Crippen molar-refractivity contribution in [3.05, 3.63) is 11.6 Å². The van der Waals surface area contributed by atoms with Crippen molar-refractivity contribution < 1.29 is 15.3 Å². The van der Waals surface area contributed by atoms with Gasteiger partial charge in [0.1, 0.15) is 0 Å². The summed E-state index contributed by atoms with van der Waals surface area (Å²) in [5.41, 5.74) is 1.52. The molecular weight excluding hydrogens is 444 g/mol. The van der Waals surface area contributed by atoms with Crippen LogP contribution in [0.25, 0.3) is 0 Å². The zero-order chi connectivity index (χ0) is 27.8. The van der Waals surface area contributed by atoms with Crippen LogP contribution in [0.4, 0.5) is 0 Å². The molecule has 36 heavy (non-hydrogen) atoms. The molecule has 0 aromatic heterocycles. The van der Waals surface area contributed by atoms with Crippen LogP contribution < -0.4 is 0 Å². The molecule has 0 saturated heterocycles. The lowest BCUT2D eigenvalue weighted by Crippen LogP contribution is -2.57. The zero-order valence-electron chi connectivity index (χ0n) is 25.9. The van der Waals surface area contributed by atoms with Crippen molar-refractivity contribution in [1.82, 2.24) is 0 Å². The van der Waals surface area contributed by atoms with Crippen LogP contribution in [0.2, 0.25) is 0 Å². The fraction of sp³-hybridized carbons (Fsp3) is 0.939. The van der Waals surface area contributed by atoms with Gasteiger partial charge in [-0.15, -0.1) is 0 Å². The fourth-order valence-electron chi connectivity index (χ4n) is 8.18. The van der Waals surface area contributed by atoms with Gasteiger partial charge < -0.3 is 15.3 Å². The van der Waals surface area contributed by atoms with Gasteiger partial charge in [-0.1, -0.05) is 87.3 Å². The molecule has 6 atom stereocenters. The average molecular weight is 507 g/mol. The molecule has 0 radical (unpaired) electrons. The molecule has 0 unspecified atom stereocenters. The first-order valence-electron chi connectivity index (χ1n) is 15.0. The summed E-state index contributed by atoms with van der Waals surface area (Å²) in [6, 6.07) is 0. The number of aliphatic hydroxyl groups excluding tert-OH is 3. The van der Waals surface area contributed by atoms with E-state index < -0.39 is 6.10 Å². The quantitative estimate of drug-likeness (QED) is 0.247. The first-order valence-corrected chi connectivity index (χ1v) is 15.0. The van der Waals surface area contributed by atoms with Crippen LogP contribution in [0, 0.1) is 38.4 Å². The van der Waals surface area contributed by atoms with E-state index in [1.165, 1.54) is 18.4 Å². The normalized spacial score (nSPS) is 34.8. The number of rotatable bonds is 11. The minimum atomic E-state index is -0.482. The van der Waals surface area contributed by atoms with E-state index in [2.05, 4.69) is 75.3 Å². The third-order valence-electron chi connectivity index (χ3n) is 11.6. The van der Waals surface area contributed by atoms with Gasteiger partial charge in [0.05, 0.1) is 12.2 Å². The predicted molar refractivity (Wildman–Crippen MR) is 154 cm³/mol. The lowest BCUT2D eigenvalue weighted by Gasteiger charge is -2.64. The van der Waals surface area contributed by atoms with E-state index in [1.54, 1.807) is 0 Å². The minimum Gasteiger partial charge on any atom is -0.396 e. The SMILES string of the molecule is CCCC(C)(C)CC[C@](C)(CO)CCC(C)(C)[C@]1(C)CC[C@H]2C(C)(C)[C@@H](O)CC[C@]2(C)/C1=C/[C@H](C)O. The van der Waals surface area contributed by atoms with Gasteiger partial charge in [-0.25, -0.2) is 0 Å². The number of allylic oxidation sites excluding steroid dienone is 1. The van der Waals surface area contributed by atoms with Crippen LogP contribution in [0.1, 0.15) is 140 Å². The van der Waals surface area contributed by atoms with Gasteiger partial charge in [0.25, 0.3) is 0 Å². The summed E-state index contributed by atoms with van der Waals surface area (Å²) in [4.78, 5) is 0. The first-order chi connectivity index (χ1) is 16.3. The number of hydrogen-bond donors (Lipinski definition) is 3. The maximum absolute atomic E-state index is 10.9. The van der Waals surface area contributed by atoms with Crippen LogP contribution in [-0.4, -0.2) is 34.1 Å². The Kier molecular flexibility index (Phi) is 9.74. The molecule has 0 amide bonds. The average Bonchev–Trinajstić information content (AvgIpc) is 2.76. The van der Waals surface area contributed by atoms with E-state index in [9.17, 15) is 15.3 Å². The number of hydrogen-bond acceptors (Lipinski definition) is 3. The van der Waals surface area contributed by atoms with E-state index in [1.807, 2.05) is 6.92 Å². The molecule has 0 aliphatic heterocycles. The molecule has 0 aromatic rings. The summed E-state index contributed by atoms with van der Waals surface area (Å²) in [6.45, 7) is 25.6. The summed E-state index contributed by atoms with van der Waals surface area (Å²) >= 11 is 0. The minimum absolute atomic E-state index is 0.0194. The highest BCUT2D eigenvalue weighted by atomic mass is 16.3. The molecule has 3 N–H and O–H groups in total. The number of fused-ring (bicyclic) bond motifs is 1. The molecule has 0 spiro atoms. The summed E-state index contributed by atoms with van der Waals surface area (Å²) in [5.74, 6) is 0.408. The van der Waals surface area contributed by atoms with Gasteiger partial charge in [-0.2, -0.15) is 0 Å². The Labute approximate surface area is 224 Å². The van der Waals surface area contributed by atoms with E-state index in [0.29, 0.717) is 11.3 Å². The third-order valence-corrected chi connectivity index (χ3v) is 11.6. The van der Waals surface area contributed by atoms with Gasteiger partial charge in [0, 0.05) is 6.61 Å². The molecule has 0 heterocycles. The topological polar surface area (TPSA) is 60.7 Å². The van der Waals surface area contributed by atoms with Crippen LogP contribution in [0.3, 0.4) is 0 Å². The Balaban J connectivity index is 2.35. The van der Waals surface area contributed by atoms with E-state index >= 15 is 0 Å². The summed E-state index contributed by atoms with van der Waals surface area (Å²) in [6.07, 6.45) is 12.1.